The summed E-state index contributed by atoms with van der Waals surface area (Å²) in [5, 5.41) is 4.56. The maximum Gasteiger partial charge on any atom is 0.164 e. The molecule has 2 heterocycles. The molecule has 0 aliphatic carbocycles. The van der Waals surface area contributed by atoms with Crippen LogP contribution >= 0.6 is 0 Å². The van der Waals surface area contributed by atoms with Gasteiger partial charge in [-0.3, -0.25) is 0 Å². The summed E-state index contributed by atoms with van der Waals surface area (Å²) in [6.45, 7) is 0. The molecule has 0 unspecified atom stereocenters. The van der Waals surface area contributed by atoms with Gasteiger partial charge in [-0.05, 0) is 62.9 Å². The number of fused-ring (bicyclic) bond motifs is 4. The van der Waals surface area contributed by atoms with Crippen LogP contribution in [0.25, 0.3) is 100 Å². The van der Waals surface area contributed by atoms with Crippen molar-refractivity contribution in [2.24, 2.45) is 0 Å². The first-order valence-electron chi connectivity index (χ1n) is 17.8. The van der Waals surface area contributed by atoms with Crippen molar-refractivity contribution in [2.75, 3.05) is 0 Å². The van der Waals surface area contributed by atoms with Crippen LogP contribution in [0.15, 0.2) is 192 Å². The minimum Gasteiger partial charge on any atom is -0.455 e. The Morgan fingerprint density at radius 2 is 0.717 bits per heavy atom. The SMILES string of the molecule is c1ccc(-c2ccc(-c3nc(-c4ccccc4)nc(-c4ccc(-c5cc(-c6ccccc6)c6oc7cc8ccccc8cc7c6c5)cc4)n3)cc2)cc1. The highest BCUT2D eigenvalue weighted by Crippen LogP contribution is 2.41. The molecule has 0 aliphatic rings. The van der Waals surface area contributed by atoms with Gasteiger partial charge in [0.15, 0.2) is 17.5 Å². The number of nitrogens with zero attached hydrogens (tertiary/aromatic N) is 3. The number of aromatic nitrogens is 3. The molecule has 0 bridgehead atoms. The molecule has 8 aromatic carbocycles. The molecule has 0 N–H and O–H groups in total. The summed E-state index contributed by atoms with van der Waals surface area (Å²) in [4.78, 5) is 14.9. The molecule has 248 valence electrons. The van der Waals surface area contributed by atoms with Gasteiger partial charge >= 0.3 is 0 Å². The average molecular weight is 678 g/mol. The third-order valence-electron chi connectivity index (χ3n) is 9.92. The molecule has 0 fully saturated rings. The van der Waals surface area contributed by atoms with Crippen LogP contribution in [0.2, 0.25) is 0 Å². The van der Waals surface area contributed by atoms with Gasteiger partial charge in [-0.1, -0.05) is 164 Å². The van der Waals surface area contributed by atoms with Gasteiger partial charge in [-0.2, -0.15) is 0 Å². The van der Waals surface area contributed by atoms with E-state index < -0.39 is 0 Å². The van der Waals surface area contributed by atoms with Gasteiger partial charge in [0, 0.05) is 33.0 Å². The maximum atomic E-state index is 6.62. The van der Waals surface area contributed by atoms with E-state index in [-0.39, 0.29) is 0 Å². The standard InChI is InChI=1S/C49H31N3O/c1-4-12-32(13-5-1)33-20-24-37(25-21-33)48-50-47(36-16-8-3-9-17-36)51-49(52-48)38-26-22-34(23-27-38)41-29-42(35-14-6-2-7-15-35)46-44(30-41)43-28-39-18-10-11-19-40(39)31-45(43)53-46/h1-31H. The molecule has 0 spiro atoms. The second-order valence-electron chi connectivity index (χ2n) is 13.3. The number of hydrogen-bond donors (Lipinski definition) is 0. The molecule has 0 amide bonds. The van der Waals surface area contributed by atoms with Crippen molar-refractivity contribution < 1.29 is 4.42 Å². The average Bonchev–Trinajstić information content (AvgIpc) is 3.60. The Labute approximate surface area is 306 Å². The summed E-state index contributed by atoms with van der Waals surface area (Å²) in [7, 11) is 0. The highest BCUT2D eigenvalue weighted by molar-refractivity contribution is 6.14. The molecule has 10 aromatic rings. The molecule has 53 heavy (non-hydrogen) atoms. The van der Waals surface area contributed by atoms with Crippen LogP contribution in [0.5, 0.6) is 0 Å². The van der Waals surface area contributed by atoms with Crippen LogP contribution in [0, 0.1) is 0 Å². The smallest absolute Gasteiger partial charge is 0.164 e. The zero-order valence-corrected chi connectivity index (χ0v) is 28.6. The summed E-state index contributed by atoms with van der Waals surface area (Å²) in [6, 6.07) is 65.2. The Bertz CT molecular complexity index is 2900. The lowest BCUT2D eigenvalue weighted by atomic mass is 9.95. The minimum atomic E-state index is 0.626. The second-order valence-corrected chi connectivity index (χ2v) is 13.3. The van der Waals surface area contributed by atoms with Crippen molar-refractivity contribution >= 4 is 32.7 Å². The number of hydrogen-bond acceptors (Lipinski definition) is 4. The van der Waals surface area contributed by atoms with Gasteiger partial charge < -0.3 is 4.42 Å². The third-order valence-corrected chi connectivity index (χ3v) is 9.92. The third kappa shape index (κ3) is 5.73. The van der Waals surface area contributed by atoms with E-state index in [2.05, 4.69) is 146 Å². The molecule has 0 saturated carbocycles. The topological polar surface area (TPSA) is 51.8 Å². The molecule has 0 atom stereocenters. The summed E-state index contributed by atoms with van der Waals surface area (Å²) in [5.41, 5.74) is 11.3. The van der Waals surface area contributed by atoms with E-state index in [1.54, 1.807) is 0 Å². The second kappa shape index (κ2) is 12.9. The largest absolute Gasteiger partial charge is 0.455 e. The monoisotopic (exact) mass is 677 g/mol. The van der Waals surface area contributed by atoms with E-state index in [9.17, 15) is 0 Å². The normalized spacial score (nSPS) is 11.4. The van der Waals surface area contributed by atoms with Crippen LogP contribution < -0.4 is 0 Å². The Kier molecular flexibility index (Phi) is 7.43. The highest BCUT2D eigenvalue weighted by atomic mass is 16.3. The van der Waals surface area contributed by atoms with Crippen LogP contribution in [-0.2, 0) is 0 Å². The summed E-state index contributed by atoms with van der Waals surface area (Å²) < 4.78 is 6.62. The Hall–Kier alpha value is -7.17. The van der Waals surface area contributed by atoms with E-state index in [0.29, 0.717) is 17.5 Å². The van der Waals surface area contributed by atoms with Crippen molar-refractivity contribution in [2.45, 2.75) is 0 Å². The Morgan fingerprint density at radius 3 is 1.28 bits per heavy atom. The van der Waals surface area contributed by atoms with Gasteiger partial charge in [0.1, 0.15) is 11.2 Å². The highest BCUT2D eigenvalue weighted by Gasteiger charge is 2.17. The number of rotatable bonds is 6. The molecule has 0 saturated heterocycles. The quantitative estimate of drug-likeness (QED) is 0.176. The predicted molar refractivity (Wildman–Crippen MR) is 217 cm³/mol. The minimum absolute atomic E-state index is 0.626. The molecule has 10 rings (SSSR count). The van der Waals surface area contributed by atoms with Crippen LogP contribution in [0.3, 0.4) is 0 Å². The fourth-order valence-electron chi connectivity index (χ4n) is 7.17. The van der Waals surface area contributed by atoms with Crippen molar-refractivity contribution in [3.8, 4) is 67.5 Å². The Morgan fingerprint density at radius 1 is 0.302 bits per heavy atom. The van der Waals surface area contributed by atoms with Gasteiger partial charge in [-0.15, -0.1) is 0 Å². The van der Waals surface area contributed by atoms with Gasteiger partial charge in [0.2, 0.25) is 0 Å². The maximum absolute atomic E-state index is 6.62. The van der Waals surface area contributed by atoms with Crippen molar-refractivity contribution in [3.63, 3.8) is 0 Å². The first-order chi connectivity index (χ1) is 26.2. The van der Waals surface area contributed by atoms with E-state index in [4.69, 9.17) is 19.4 Å². The number of benzene rings is 8. The molecular formula is C49H31N3O. The van der Waals surface area contributed by atoms with Crippen LogP contribution in [0.4, 0.5) is 0 Å². The first kappa shape index (κ1) is 30.6. The first-order valence-corrected chi connectivity index (χ1v) is 17.8. The molecule has 0 aliphatic heterocycles. The van der Waals surface area contributed by atoms with E-state index in [1.807, 2.05) is 42.5 Å². The Balaban J connectivity index is 1.08. The van der Waals surface area contributed by atoms with Crippen LogP contribution in [0.1, 0.15) is 0 Å². The molecule has 0 radical (unpaired) electrons. The van der Waals surface area contributed by atoms with Crippen molar-refractivity contribution in [1.29, 1.82) is 0 Å². The van der Waals surface area contributed by atoms with Gasteiger partial charge in [0.05, 0.1) is 0 Å². The summed E-state index contributed by atoms with van der Waals surface area (Å²) in [6.07, 6.45) is 0. The van der Waals surface area contributed by atoms with E-state index in [0.717, 1.165) is 71.8 Å². The summed E-state index contributed by atoms with van der Waals surface area (Å²) in [5.74, 6) is 1.90. The van der Waals surface area contributed by atoms with Gasteiger partial charge in [0.25, 0.3) is 0 Å². The van der Waals surface area contributed by atoms with Crippen molar-refractivity contribution in [1.82, 2.24) is 15.0 Å². The molecule has 4 nitrogen and oxygen atoms in total. The van der Waals surface area contributed by atoms with E-state index >= 15 is 0 Å². The summed E-state index contributed by atoms with van der Waals surface area (Å²) >= 11 is 0. The predicted octanol–water partition coefficient (Wildman–Crippen LogP) is 12.9. The lowest BCUT2D eigenvalue weighted by Gasteiger charge is -2.11. The number of furan rings is 1. The van der Waals surface area contributed by atoms with E-state index in [1.165, 1.54) is 10.9 Å². The fourth-order valence-corrected chi connectivity index (χ4v) is 7.17. The molecule has 2 aromatic heterocycles. The zero-order chi connectivity index (χ0) is 35.1. The zero-order valence-electron chi connectivity index (χ0n) is 28.6. The van der Waals surface area contributed by atoms with Crippen LogP contribution in [-0.4, -0.2) is 15.0 Å². The molecule has 4 heteroatoms. The van der Waals surface area contributed by atoms with Crippen molar-refractivity contribution in [3.05, 3.63) is 188 Å². The van der Waals surface area contributed by atoms with Gasteiger partial charge in [-0.25, -0.2) is 15.0 Å². The lowest BCUT2D eigenvalue weighted by molar-refractivity contribution is 0.670. The molecular weight excluding hydrogens is 647 g/mol. The fraction of sp³-hybridized carbons (Fsp3) is 0. The lowest BCUT2D eigenvalue weighted by Crippen LogP contribution is -2.00.